The minimum atomic E-state index is -4.06. The highest BCUT2D eigenvalue weighted by Gasteiger charge is 2.27. The number of nitrogens with one attached hydrogen (secondary N) is 1. The molecule has 8 nitrogen and oxygen atoms in total. The van der Waals surface area contributed by atoms with Gasteiger partial charge in [0.2, 0.25) is 0 Å². The number of hydrogen-bond acceptors (Lipinski definition) is 8. The second-order valence-corrected chi connectivity index (χ2v) is 8.09. The normalized spacial score (nSPS) is 11.0. The predicted molar refractivity (Wildman–Crippen MR) is 97.6 cm³/mol. The van der Waals surface area contributed by atoms with Crippen molar-refractivity contribution in [1.82, 2.24) is 0 Å². The van der Waals surface area contributed by atoms with Gasteiger partial charge >= 0.3 is 5.97 Å². The van der Waals surface area contributed by atoms with Crippen LogP contribution in [0.2, 0.25) is 5.02 Å². The summed E-state index contributed by atoms with van der Waals surface area (Å²) in [6.07, 6.45) is 0. The molecule has 0 aliphatic carbocycles. The Bertz CT molecular complexity index is 924. The van der Waals surface area contributed by atoms with E-state index in [1.54, 1.807) is 0 Å². The van der Waals surface area contributed by atoms with E-state index in [1.165, 1.54) is 46.6 Å². The van der Waals surface area contributed by atoms with Crippen LogP contribution in [-0.2, 0) is 14.8 Å². The van der Waals surface area contributed by atoms with Gasteiger partial charge in [0, 0.05) is 12.1 Å². The molecule has 0 radical (unpaired) electrons. The van der Waals surface area contributed by atoms with Gasteiger partial charge in [-0.15, -0.1) is 11.3 Å². The summed E-state index contributed by atoms with van der Waals surface area (Å²) in [5.74, 6) is -0.108. The van der Waals surface area contributed by atoms with Crippen LogP contribution in [0, 0.1) is 0 Å². The SMILES string of the molecule is COC(=O)c1cc(OC)c(S(=O)(=O)Nc2cc(Cl)c(OC)c(OC)c2)s1. The zero-order valence-electron chi connectivity index (χ0n) is 14.3. The average molecular weight is 422 g/mol. The van der Waals surface area contributed by atoms with Crippen LogP contribution in [0.3, 0.4) is 0 Å². The van der Waals surface area contributed by atoms with Crippen molar-refractivity contribution < 1.29 is 32.2 Å². The molecule has 0 aliphatic rings. The zero-order valence-corrected chi connectivity index (χ0v) is 16.7. The summed E-state index contributed by atoms with van der Waals surface area (Å²) < 4.78 is 47.6. The molecule has 0 saturated heterocycles. The first-order chi connectivity index (χ1) is 12.3. The number of thiophene rings is 1. The Morgan fingerprint density at radius 2 is 1.69 bits per heavy atom. The maximum absolute atomic E-state index is 12.7. The number of anilines is 1. The summed E-state index contributed by atoms with van der Waals surface area (Å²) in [5, 5.41) is 0.165. The Labute approximate surface area is 159 Å². The summed E-state index contributed by atoms with van der Waals surface area (Å²) in [6.45, 7) is 0. The number of rotatable bonds is 7. The van der Waals surface area contributed by atoms with Gasteiger partial charge in [0.1, 0.15) is 4.88 Å². The largest absolute Gasteiger partial charge is 0.494 e. The number of hydrogen-bond donors (Lipinski definition) is 1. The molecule has 2 rings (SSSR count). The fourth-order valence-corrected chi connectivity index (χ4v) is 4.89. The molecular formula is C15H16ClNO7S2. The molecule has 0 aliphatic heterocycles. The van der Waals surface area contributed by atoms with Gasteiger partial charge < -0.3 is 18.9 Å². The first kappa shape index (κ1) is 20.1. The first-order valence-corrected chi connectivity index (χ1v) is 9.65. The summed E-state index contributed by atoms with van der Waals surface area (Å²) >= 11 is 6.81. The van der Waals surface area contributed by atoms with Crippen LogP contribution in [0.15, 0.2) is 22.4 Å². The van der Waals surface area contributed by atoms with Crippen molar-refractivity contribution in [3.8, 4) is 17.2 Å². The molecular weight excluding hydrogens is 406 g/mol. The monoisotopic (exact) mass is 421 g/mol. The molecule has 0 fully saturated rings. The summed E-state index contributed by atoms with van der Waals surface area (Å²) in [5.41, 5.74) is 0.155. The second kappa shape index (κ2) is 8.02. The molecule has 1 aromatic heterocycles. The molecule has 0 atom stereocenters. The van der Waals surface area contributed by atoms with Crippen molar-refractivity contribution in [2.45, 2.75) is 4.21 Å². The maximum Gasteiger partial charge on any atom is 0.348 e. The summed E-state index contributed by atoms with van der Waals surface area (Å²) in [6, 6.07) is 4.10. The molecule has 2 aromatic rings. The number of carbonyl (C=O) groups excluding carboxylic acids is 1. The van der Waals surface area contributed by atoms with Crippen molar-refractivity contribution in [1.29, 1.82) is 0 Å². The van der Waals surface area contributed by atoms with Crippen LogP contribution in [0.4, 0.5) is 5.69 Å². The quantitative estimate of drug-likeness (QED) is 0.686. The fourth-order valence-electron chi connectivity index (χ4n) is 2.07. The molecule has 0 unspecified atom stereocenters. The van der Waals surface area contributed by atoms with Crippen LogP contribution in [0.1, 0.15) is 9.67 Å². The molecule has 1 heterocycles. The highest BCUT2D eigenvalue weighted by atomic mass is 35.5. The minimum absolute atomic E-state index is 0.0227. The van der Waals surface area contributed by atoms with Gasteiger partial charge in [-0.2, -0.15) is 0 Å². The number of carbonyl (C=O) groups is 1. The van der Waals surface area contributed by atoms with Gasteiger partial charge in [0.05, 0.1) is 39.1 Å². The number of halogens is 1. The number of esters is 1. The maximum atomic E-state index is 12.7. The van der Waals surface area contributed by atoms with E-state index in [1.807, 2.05) is 0 Å². The van der Waals surface area contributed by atoms with Gasteiger partial charge in [-0.05, 0) is 6.07 Å². The number of methoxy groups -OCH3 is 4. The molecule has 0 amide bonds. The van der Waals surface area contributed by atoms with E-state index in [0.29, 0.717) is 0 Å². The van der Waals surface area contributed by atoms with E-state index in [9.17, 15) is 13.2 Å². The number of sulfonamides is 1. The molecule has 26 heavy (non-hydrogen) atoms. The third kappa shape index (κ3) is 3.97. The fraction of sp³-hybridized carbons (Fsp3) is 0.267. The molecule has 0 bridgehead atoms. The Morgan fingerprint density at radius 1 is 1.04 bits per heavy atom. The minimum Gasteiger partial charge on any atom is -0.494 e. The smallest absolute Gasteiger partial charge is 0.348 e. The molecule has 142 valence electrons. The van der Waals surface area contributed by atoms with Crippen molar-refractivity contribution in [3.63, 3.8) is 0 Å². The van der Waals surface area contributed by atoms with E-state index in [0.717, 1.165) is 11.3 Å². The standard InChI is InChI=1S/C15H16ClNO7S2/c1-21-10-6-8(5-9(16)13(10)23-3)17-26(19,20)15-11(22-2)7-12(25-15)14(18)24-4/h5-7,17H,1-4H3. The zero-order chi connectivity index (χ0) is 19.5. The highest BCUT2D eigenvalue weighted by molar-refractivity contribution is 7.94. The van der Waals surface area contributed by atoms with E-state index in [2.05, 4.69) is 9.46 Å². The van der Waals surface area contributed by atoms with Crippen LogP contribution in [-0.4, -0.2) is 42.8 Å². The molecule has 1 N–H and O–H groups in total. The molecule has 11 heteroatoms. The second-order valence-electron chi connectivity index (χ2n) is 4.76. The van der Waals surface area contributed by atoms with Crippen molar-refractivity contribution in [3.05, 3.63) is 28.1 Å². The van der Waals surface area contributed by atoms with Crippen LogP contribution < -0.4 is 18.9 Å². The van der Waals surface area contributed by atoms with Crippen LogP contribution in [0.25, 0.3) is 0 Å². The Morgan fingerprint density at radius 3 is 2.23 bits per heavy atom. The topological polar surface area (TPSA) is 100 Å². The van der Waals surface area contributed by atoms with Gasteiger partial charge in [-0.1, -0.05) is 11.6 Å². The molecule has 1 aromatic carbocycles. The molecule has 0 spiro atoms. The van der Waals surface area contributed by atoms with Crippen LogP contribution >= 0.6 is 22.9 Å². The Kier molecular flexibility index (Phi) is 6.21. The lowest BCUT2D eigenvalue weighted by Crippen LogP contribution is -2.12. The third-order valence-corrected chi connectivity index (χ3v) is 6.48. The Hall–Kier alpha value is -2.17. The van der Waals surface area contributed by atoms with E-state index >= 15 is 0 Å². The number of benzene rings is 1. The predicted octanol–water partition coefficient (Wildman–Crippen LogP) is 3.01. The van der Waals surface area contributed by atoms with Gasteiger partial charge in [-0.25, -0.2) is 13.2 Å². The van der Waals surface area contributed by atoms with Gasteiger partial charge in [0.25, 0.3) is 10.0 Å². The van der Waals surface area contributed by atoms with Crippen molar-refractivity contribution in [2.75, 3.05) is 33.2 Å². The molecule has 0 saturated carbocycles. The average Bonchev–Trinajstić information content (AvgIpc) is 3.05. The third-order valence-electron chi connectivity index (χ3n) is 3.20. The van der Waals surface area contributed by atoms with Gasteiger partial charge in [0.15, 0.2) is 21.5 Å². The van der Waals surface area contributed by atoms with E-state index in [4.69, 9.17) is 25.8 Å². The lowest BCUT2D eigenvalue weighted by Gasteiger charge is -2.13. The highest BCUT2D eigenvalue weighted by Crippen LogP contribution is 2.40. The lowest BCUT2D eigenvalue weighted by molar-refractivity contribution is 0.0606. The number of ether oxygens (including phenoxy) is 4. The Balaban J connectivity index is 2.45. The van der Waals surface area contributed by atoms with Gasteiger partial charge in [-0.3, -0.25) is 4.72 Å². The summed E-state index contributed by atoms with van der Waals surface area (Å²) in [7, 11) is 1.26. The van der Waals surface area contributed by atoms with E-state index in [-0.39, 0.29) is 37.0 Å². The summed E-state index contributed by atoms with van der Waals surface area (Å²) in [4.78, 5) is 11.7. The first-order valence-electron chi connectivity index (χ1n) is 6.97. The van der Waals surface area contributed by atoms with Crippen molar-refractivity contribution in [2.24, 2.45) is 0 Å². The van der Waals surface area contributed by atoms with Crippen molar-refractivity contribution >= 4 is 44.6 Å². The van der Waals surface area contributed by atoms with Crippen LogP contribution in [0.5, 0.6) is 17.2 Å². The lowest BCUT2D eigenvalue weighted by atomic mass is 10.3. The van der Waals surface area contributed by atoms with E-state index < -0.39 is 16.0 Å².